The molecule has 7 heteroatoms. The van der Waals surface area contributed by atoms with Gasteiger partial charge in [0.25, 0.3) is 0 Å². The molecular weight excluding hydrogens is 370 g/mol. The van der Waals surface area contributed by atoms with Crippen LogP contribution in [0.2, 0.25) is 0 Å². The standard InChI is InChI=1S/C22H25N3O4/c1-28-18-11-15-6-10-25(14-16(15)12-19(18)29-2)21(27)22(7-8-22)20(26)24-13-17-5-3-4-9-23-17/h3-5,9,11-12H,6-8,10,13-14H2,1-2H3,(H,24,26). The van der Waals surface area contributed by atoms with Crippen LogP contribution in [-0.2, 0) is 29.1 Å². The Balaban J connectivity index is 1.45. The van der Waals surface area contributed by atoms with Gasteiger partial charge in [0.05, 0.1) is 26.5 Å². The van der Waals surface area contributed by atoms with E-state index in [1.165, 1.54) is 0 Å². The highest BCUT2D eigenvalue weighted by Gasteiger charge is 2.58. The van der Waals surface area contributed by atoms with Crippen molar-refractivity contribution in [1.82, 2.24) is 15.2 Å². The molecule has 0 saturated heterocycles. The van der Waals surface area contributed by atoms with Crippen LogP contribution in [-0.4, -0.2) is 42.5 Å². The summed E-state index contributed by atoms with van der Waals surface area (Å²) >= 11 is 0. The number of pyridine rings is 1. The molecule has 2 aromatic rings. The summed E-state index contributed by atoms with van der Waals surface area (Å²) in [6.07, 6.45) is 3.60. The lowest BCUT2D eigenvalue weighted by Crippen LogP contribution is -2.46. The number of fused-ring (bicyclic) bond motifs is 1. The number of carbonyl (C=O) groups excluding carboxylic acids is 2. The van der Waals surface area contributed by atoms with Crippen molar-refractivity contribution in [2.75, 3.05) is 20.8 Å². The predicted octanol–water partition coefficient (Wildman–Crippen LogP) is 2.08. The smallest absolute Gasteiger partial charge is 0.238 e. The molecule has 1 N–H and O–H groups in total. The molecule has 2 aliphatic rings. The SMILES string of the molecule is COc1cc2c(cc1OC)CN(C(=O)C1(C(=O)NCc3ccccn3)CC1)CC2. The first-order valence-corrected chi connectivity index (χ1v) is 9.79. The molecule has 2 amide bonds. The van der Waals surface area contributed by atoms with Gasteiger partial charge in [0.15, 0.2) is 11.5 Å². The first-order chi connectivity index (χ1) is 14.1. The summed E-state index contributed by atoms with van der Waals surface area (Å²) in [4.78, 5) is 32.0. The summed E-state index contributed by atoms with van der Waals surface area (Å²) in [5, 5.41) is 2.89. The Labute approximate surface area is 170 Å². The van der Waals surface area contributed by atoms with Crippen LogP contribution in [0.25, 0.3) is 0 Å². The fourth-order valence-corrected chi connectivity index (χ4v) is 3.86. The van der Waals surface area contributed by atoms with Gasteiger partial charge in [0.2, 0.25) is 11.8 Å². The molecule has 152 valence electrons. The normalized spacial score (nSPS) is 16.6. The van der Waals surface area contributed by atoms with Crippen molar-refractivity contribution < 1.29 is 19.1 Å². The number of amides is 2. The number of nitrogens with one attached hydrogen (secondary N) is 1. The van der Waals surface area contributed by atoms with Crippen LogP contribution in [0.3, 0.4) is 0 Å². The first kappa shape index (κ1) is 19.2. The summed E-state index contributed by atoms with van der Waals surface area (Å²) in [5.74, 6) is 1.05. The van der Waals surface area contributed by atoms with E-state index in [4.69, 9.17) is 9.47 Å². The third kappa shape index (κ3) is 3.64. The molecule has 1 saturated carbocycles. The third-order valence-corrected chi connectivity index (χ3v) is 5.76. The molecule has 0 bridgehead atoms. The van der Waals surface area contributed by atoms with Crippen molar-refractivity contribution in [1.29, 1.82) is 0 Å². The molecule has 1 aromatic heterocycles. The van der Waals surface area contributed by atoms with Crippen LogP contribution >= 0.6 is 0 Å². The van der Waals surface area contributed by atoms with Crippen molar-refractivity contribution in [2.45, 2.75) is 32.4 Å². The lowest BCUT2D eigenvalue weighted by Gasteiger charge is -2.32. The van der Waals surface area contributed by atoms with E-state index in [1.54, 1.807) is 25.3 Å². The molecule has 1 fully saturated rings. The van der Waals surface area contributed by atoms with E-state index in [9.17, 15) is 9.59 Å². The fraction of sp³-hybridized carbons (Fsp3) is 0.409. The number of methoxy groups -OCH3 is 2. The summed E-state index contributed by atoms with van der Waals surface area (Å²) < 4.78 is 10.8. The van der Waals surface area contributed by atoms with E-state index in [1.807, 2.05) is 30.3 Å². The van der Waals surface area contributed by atoms with Crippen molar-refractivity contribution in [3.05, 3.63) is 53.3 Å². The Bertz CT molecular complexity index is 925. The fourth-order valence-electron chi connectivity index (χ4n) is 3.86. The first-order valence-electron chi connectivity index (χ1n) is 9.79. The van der Waals surface area contributed by atoms with Gasteiger partial charge in [-0.05, 0) is 54.7 Å². The van der Waals surface area contributed by atoms with Crippen LogP contribution in [0.1, 0.15) is 29.7 Å². The number of rotatable bonds is 6. The van der Waals surface area contributed by atoms with Crippen molar-refractivity contribution >= 4 is 11.8 Å². The molecule has 29 heavy (non-hydrogen) atoms. The molecule has 0 atom stereocenters. The van der Waals surface area contributed by atoms with E-state index in [-0.39, 0.29) is 11.8 Å². The van der Waals surface area contributed by atoms with E-state index in [0.717, 1.165) is 23.2 Å². The number of hydrogen-bond acceptors (Lipinski definition) is 5. The van der Waals surface area contributed by atoms with Crippen molar-refractivity contribution in [3.8, 4) is 11.5 Å². The van der Waals surface area contributed by atoms with Crippen LogP contribution in [0, 0.1) is 5.41 Å². The molecule has 1 aliphatic carbocycles. The van der Waals surface area contributed by atoms with Crippen LogP contribution in [0.4, 0.5) is 0 Å². The molecule has 1 aromatic carbocycles. The Morgan fingerprint density at radius 2 is 1.86 bits per heavy atom. The van der Waals surface area contributed by atoms with Gasteiger partial charge in [0, 0.05) is 19.3 Å². The van der Waals surface area contributed by atoms with Gasteiger partial charge in [-0.25, -0.2) is 0 Å². The van der Waals surface area contributed by atoms with Gasteiger partial charge in [-0.2, -0.15) is 0 Å². The third-order valence-electron chi connectivity index (χ3n) is 5.76. The maximum Gasteiger partial charge on any atom is 0.238 e. The number of carbonyl (C=O) groups is 2. The number of aromatic nitrogens is 1. The second-order valence-electron chi connectivity index (χ2n) is 7.54. The summed E-state index contributed by atoms with van der Waals surface area (Å²) in [5.41, 5.74) is 2.03. The molecule has 2 heterocycles. The summed E-state index contributed by atoms with van der Waals surface area (Å²) in [6.45, 7) is 1.40. The predicted molar refractivity (Wildman–Crippen MR) is 106 cm³/mol. The highest BCUT2D eigenvalue weighted by atomic mass is 16.5. The lowest BCUT2D eigenvalue weighted by molar-refractivity contribution is -0.145. The van der Waals surface area contributed by atoms with Gasteiger partial charge >= 0.3 is 0 Å². The quantitative estimate of drug-likeness (QED) is 0.758. The molecule has 7 nitrogen and oxygen atoms in total. The van der Waals surface area contributed by atoms with E-state index < -0.39 is 5.41 Å². The monoisotopic (exact) mass is 395 g/mol. The number of ether oxygens (including phenoxy) is 2. The zero-order chi connectivity index (χ0) is 20.4. The van der Waals surface area contributed by atoms with Gasteiger partial charge in [0.1, 0.15) is 5.41 Å². The molecule has 0 spiro atoms. The summed E-state index contributed by atoms with van der Waals surface area (Å²) in [6, 6.07) is 9.46. The van der Waals surface area contributed by atoms with E-state index >= 15 is 0 Å². The Morgan fingerprint density at radius 3 is 2.48 bits per heavy atom. The maximum absolute atomic E-state index is 13.2. The second-order valence-corrected chi connectivity index (χ2v) is 7.54. The number of hydrogen-bond donors (Lipinski definition) is 1. The van der Waals surface area contributed by atoms with Crippen LogP contribution in [0.5, 0.6) is 11.5 Å². The average molecular weight is 395 g/mol. The average Bonchev–Trinajstić information content (AvgIpc) is 3.58. The molecule has 0 radical (unpaired) electrons. The zero-order valence-electron chi connectivity index (χ0n) is 16.7. The Hall–Kier alpha value is -3.09. The topological polar surface area (TPSA) is 80.8 Å². The van der Waals surface area contributed by atoms with Gasteiger partial charge in [-0.1, -0.05) is 6.07 Å². The largest absolute Gasteiger partial charge is 0.493 e. The lowest BCUT2D eigenvalue weighted by atomic mass is 9.96. The van der Waals surface area contributed by atoms with Crippen LogP contribution in [0.15, 0.2) is 36.5 Å². The minimum absolute atomic E-state index is 0.0866. The van der Waals surface area contributed by atoms with Gasteiger partial charge in [-0.3, -0.25) is 14.6 Å². The molecule has 0 unspecified atom stereocenters. The molecule has 1 aliphatic heterocycles. The Kier molecular flexibility index (Phi) is 5.13. The van der Waals surface area contributed by atoms with E-state index in [2.05, 4.69) is 10.3 Å². The van der Waals surface area contributed by atoms with Gasteiger partial charge < -0.3 is 19.7 Å². The number of nitrogens with zero attached hydrogens (tertiary/aromatic N) is 2. The maximum atomic E-state index is 13.2. The minimum atomic E-state index is -0.928. The second kappa shape index (κ2) is 7.73. The number of benzene rings is 1. The molecular formula is C22H25N3O4. The highest BCUT2D eigenvalue weighted by molar-refractivity contribution is 6.07. The highest BCUT2D eigenvalue weighted by Crippen LogP contribution is 2.48. The van der Waals surface area contributed by atoms with Crippen molar-refractivity contribution in [3.63, 3.8) is 0 Å². The molecule has 4 rings (SSSR count). The zero-order valence-corrected chi connectivity index (χ0v) is 16.7. The minimum Gasteiger partial charge on any atom is -0.493 e. The van der Waals surface area contributed by atoms with Gasteiger partial charge in [-0.15, -0.1) is 0 Å². The van der Waals surface area contributed by atoms with Crippen molar-refractivity contribution in [2.24, 2.45) is 5.41 Å². The van der Waals surface area contributed by atoms with E-state index in [0.29, 0.717) is 44.0 Å². The van der Waals surface area contributed by atoms with Crippen LogP contribution < -0.4 is 14.8 Å². The Morgan fingerprint density at radius 1 is 1.14 bits per heavy atom. The summed E-state index contributed by atoms with van der Waals surface area (Å²) in [7, 11) is 3.21.